The summed E-state index contributed by atoms with van der Waals surface area (Å²) in [5.74, 6) is 1.61. The maximum Gasteiger partial charge on any atom is 0.223 e. The number of hydrogen-bond acceptors (Lipinski definition) is 4. The maximum atomic E-state index is 12.3. The number of nitrogens with zero attached hydrogens (tertiary/aromatic N) is 3. The second-order valence-corrected chi connectivity index (χ2v) is 6.92. The molecular weight excluding hydrogens is 288 g/mol. The quantitative estimate of drug-likeness (QED) is 0.930. The standard InChI is InChI=1S/C18H24N4O/c23-18(13-4-1-2-5-13)21-14-8-10-22(11-9-14)17-15-6-3-7-16(15)19-12-20-17/h3,6,12-14H,1-2,4-5,7-11H2,(H,21,23). The Balaban J connectivity index is 1.35. The van der Waals surface area contributed by atoms with E-state index in [0.29, 0.717) is 6.04 Å². The van der Waals surface area contributed by atoms with Crippen molar-refractivity contribution >= 4 is 17.8 Å². The Morgan fingerprint density at radius 2 is 1.91 bits per heavy atom. The van der Waals surface area contributed by atoms with Crippen LogP contribution < -0.4 is 10.2 Å². The highest BCUT2D eigenvalue weighted by molar-refractivity contribution is 5.79. The highest BCUT2D eigenvalue weighted by Crippen LogP contribution is 2.29. The molecule has 5 nitrogen and oxygen atoms in total. The number of amides is 1. The molecule has 1 aromatic heterocycles. The van der Waals surface area contributed by atoms with Crippen LogP contribution in [0, 0.1) is 5.92 Å². The van der Waals surface area contributed by atoms with E-state index in [1.807, 2.05) is 0 Å². The minimum absolute atomic E-state index is 0.267. The molecule has 2 heterocycles. The Bertz CT molecular complexity index is 613. The van der Waals surface area contributed by atoms with Gasteiger partial charge in [-0.1, -0.05) is 25.0 Å². The number of fused-ring (bicyclic) bond motifs is 1. The van der Waals surface area contributed by atoms with E-state index < -0.39 is 0 Å². The molecule has 1 amide bonds. The van der Waals surface area contributed by atoms with Crippen LogP contribution in [0.2, 0.25) is 0 Å². The molecule has 0 unspecified atom stereocenters. The Kier molecular flexibility index (Phi) is 4.02. The number of rotatable bonds is 3. The molecule has 5 heteroatoms. The molecule has 0 spiro atoms. The third-order valence-corrected chi connectivity index (χ3v) is 5.41. The third kappa shape index (κ3) is 2.96. The number of anilines is 1. The normalized spacial score (nSPS) is 21.7. The van der Waals surface area contributed by atoms with Crippen molar-refractivity contribution in [1.29, 1.82) is 0 Å². The molecule has 0 bridgehead atoms. The molecule has 122 valence electrons. The van der Waals surface area contributed by atoms with Crippen LogP contribution in [0.5, 0.6) is 0 Å². The zero-order valence-electron chi connectivity index (χ0n) is 13.5. The highest BCUT2D eigenvalue weighted by Gasteiger charge is 2.28. The smallest absolute Gasteiger partial charge is 0.223 e. The van der Waals surface area contributed by atoms with Gasteiger partial charge in [0, 0.05) is 37.0 Å². The number of aromatic nitrogens is 2. The van der Waals surface area contributed by atoms with Gasteiger partial charge in [-0.15, -0.1) is 0 Å². The number of carbonyl (C=O) groups excluding carboxylic acids is 1. The van der Waals surface area contributed by atoms with Crippen LogP contribution in [0.15, 0.2) is 12.4 Å². The molecule has 2 aliphatic carbocycles. The minimum Gasteiger partial charge on any atom is -0.356 e. The van der Waals surface area contributed by atoms with Crippen molar-refractivity contribution in [2.75, 3.05) is 18.0 Å². The molecular formula is C18H24N4O. The second kappa shape index (κ2) is 6.30. The van der Waals surface area contributed by atoms with Crippen LogP contribution in [0.1, 0.15) is 49.8 Å². The fourth-order valence-corrected chi connectivity index (χ4v) is 4.04. The van der Waals surface area contributed by atoms with Gasteiger partial charge >= 0.3 is 0 Å². The first-order valence-electron chi connectivity index (χ1n) is 8.87. The van der Waals surface area contributed by atoms with Gasteiger partial charge in [-0.05, 0) is 25.7 Å². The van der Waals surface area contributed by atoms with Crippen LogP contribution in [-0.2, 0) is 11.2 Å². The summed E-state index contributed by atoms with van der Waals surface area (Å²) in [6, 6.07) is 0.324. The molecule has 4 rings (SSSR count). The lowest BCUT2D eigenvalue weighted by molar-refractivity contribution is -0.125. The van der Waals surface area contributed by atoms with Gasteiger partial charge in [0.05, 0.1) is 5.69 Å². The number of piperidine rings is 1. The van der Waals surface area contributed by atoms with Crippen LogP contribution in [0.3, 0.4) is 0 Å². The van der Waals surface area contributed by atoms with Gasteiger partial charge in [-0.3, -0.25) is 4.79 Å². The average molecular weight is 312 g/mol. The molecule has 23 heavy (non-hydrogen) atoms. The number of hydrogen-bond donors (Lipinski definition) is 1. The van der Waals surface area contributed by atoms with Gasteiger partial charge < -0.3 is 10.2 Å². The first-order valence-corrected chi connectivity index (χ1v) is 8.87. The van der Waals surface area contributed by atoms with E-state index in [2.05, 4.69) is 32.3 Å². The van der Waals surface area contributed by atoms with E-state index in [0.717, 1.165) is 56.7 Å². The fourth-order valence-electron chi connectivity index (χ4n) is 4.04. The lowest BCUT2D eigenvalue weighted by Crippen LogP contribution is -2.46. The van der Waals surface area contributed by atoms with E-state index in [4.69, 9.17) is 0 Å². The van der Waals surface area contributed by atoms with Crippen molar-refractivity contribution in [3.63, 3.8) is 0 Å². The van der Waals surface area contributed by atoms with Gasteiger partial charge in [0.1, 0.15) is 12.1 Å². The predicted molar refractivity (Wildman–Crippen MR) is 90.1 cm³/mol. The molecule has 2 fully saturated rings. The molecule has 3 aliphatic rings. The number of nitrogens with one attached hydrogen (secondary N) is 1. The summed E-state index contributed by atoms with van der Waals surface area (Å²) in [7, 11) is 0. The number of allylic oxidation sites excluding steroid dienone is 1. The highest BCUT2D eigenvalue weighted by atomic mass is 16.1. The summed E-state index contributed by atoms with van der Waals surface area (Å²) < 4.78 is 0. The molecule has 0 aromatic carbocycles. The molecule has 1 saturated heterocycles. The fraction of sp³-hybridized carbons (Fsp3) is 0.611. The zero-order valence-corrected chi connectivity index (χ0v) is 13.5. The molecule has 1 aliphatic heterocycles. The van der Waals surface area contributed by atoms with E-state index in [1.165, 1.54) is 18.4 Å². The van der Waals surface area contributed by atoms with Gasteiger partial charge in [0.15, 0.2) is 0 Å². The molecule has 1 N–H and O–H groups in total. The SMILES string of the molecule is O=C(NC1CCN(c2ncnc3c2C=CC3)CC1)C1CCCC1. The average Bonchev–Trinajstić information content (AvgIpc) is 3.26. The topological polar surface area (TPSA) is 58.1 Å². The van der Waals surface area contributed by atoms with Crippen LogP contribution in [-0.4, -0.2) is 35.0 Å². The second-order valence-electron chi connectivity index (χ2n) is 6.92. The molecule has 0 atom stereocenters. The summed E-state index contributed by atoms with van der Waals surface area (Å²) in [6.45, 7) is 1.90. The minimum atomic E-state index is 0.267. The largest absolute Gasteiger partial charge is 0.356 e. The van der Waals surface area contributed by atoms with E-state index in [1.54, 1.807) is 6.33 Å². The molecule has 1 saturated carbocycles. The lowest BCUT2D eigenvalue weighted by atomic mass is 10.0. The van der Waals surface area contributed by atoms with Gasteiger partial charge in [0.2, 0.25) is 5.91 Å². The third-order valence-electron chi connectivity index (χ3n) is 5.41. The number of carbonyl (C=O) groups is 1. The Labute approximate surface area is 137 Å². The monoisotopic (exact) mass is 312 g/mol. The van der Waals surface area contributed by atoms with Crippen LogP contribution in [0.4, 0.5) is 5.82 Å². The van der Waals surface area contributed by atoms with Crippen molar-refractivity contribution in [3.05, 3.63) is 23.7 Å². The lowest BCUT2D eigenvalue weighted by Gasteiger charge is -2.34. The first-order chi connectivity index (χ1) is 11.3. The summed E-state index contributed by atoms with van der Waals surface area (Å²) in [5.41, 5.74) is 2.31. The predicted octanol–water partition coefficient (Wildman–Crippen LogP) is 2.32. The Morgan fingerprint density at radius 3 is 2.70 bits per heavy atom. The zero-order chi connectivity index (χ0) is 15.6. The van der Waals surface area contributed by atoms with Gasteiger partial charge in [0.25, 0.3) is 0 Å². The molecule has 1 aromatic rings. The van der Waals surface area contributed by atoms with Crippen molar-refractivity contribution in [2.45, 2.75) is 51.0 Å². The maximum absolute atomic E-state index is 12.3. The summed E-state index contributed by atoms with van der Waals surface area (Å²) in [4.78, 5) is 23.5. The van der Waals surface area contributed by atoms with E-state index >= 15 is 0 Å². The van der Waals surface area contributed by atoms with E-state index in [9.17, 15) is 4.79 Å². The van der Waals surface area contributed by atoms with E-state index in [-0.39, 0.29) is 11.8 Å². The van der Waals surface area contributed by atoms with Crippen molar-refractivity contribution < 1.29 is 4.79 Å². The molecule has 0 radical (unpaired) electrons. The van der Waals surface area contributed by atoms with Crippen molar-refractivity contribution in [2.24, 2.45) is 5.92 Å². The Morgan fingerprint density at radius 1 is 1.13 bits per heavy atom. The van der Waals surface area contributed by atoms with Gasteiger partial charge in [-0.2, -0.15) is 0 Å². The van der Waals surface area contributed by atoms with Crippen LogP contribution >= 0.6 is 0 Å². The van der Waals surface area contributed by atoms with Crippen LogP contribution in [0.25, 0.3) is 6.08 Å². The van der Waals surface area contributed by atoms with Gasteiger partial charge in [-0.25, -0.2) is 9.97 Å². The van der Waals surface area contributed by atoms with Crippen molar-refractivity contribution in [1.82, 2.24) is 15.3 Å². The van der Waals surface area contributed by atoms with Crippen molar-refractivity contribution in [3.8, 4) is 0 Å². The summed E-state index contributed by atoms with van der Waals surface area (Å²) in [6.07, 6.45) is 13.5. The summed E-state index contributed by atoms with van der Waals surface area (Å²) >= 11 is 0. The first kappa shape index (κ1) is 14.7. The Hall–Kier alpha value is -1.91. The summed E-state index contributed by atoms with van der Waals surface area (Å²) in [5, 5.41) is 3.27.